The van der Waals surface area contributed by atoms with E-state index in [1.165, 1.54) is 28.7 Å². The molecule has 2 aromatic carbocycles. The molecule has 0 radical (unpaired) electrons. The van der Waals surface area contributed by atoms with Crippen molar-refractivity contribution in [1.82, 2.24) is 24.7 Å². The molecule has 5 rings (SSSR count). The van der Waals surface area contributed by atoms with Gasteiger partial charge < -0.3 is 9.55 Å². The second-order valence-electron chi connectivity index (χ2n) is 7.42. The first-order valence-electron chi connectivity index (χ1n) is 10.5. The molecule has 0 amide bonds. The molecule has 3 heterocycles. The highest BCUT2D eigenvalue weighted by Crippen LogP contribution is 2.35. The van der Waals surface area contributed by atoms with E-state index < -0.39 is 0 Å². The van der Waals surface area contributed by atoms with Gasteiger partial charge in [0, 0.05) is 34.5 Å². The summed E-state index contributed by atoms with van der Waals surface area (Å²) in [6.07, 6.45) is 0.725. The molecular weight excluding hydrogens is 474 g/mol. The van der Waals surface area contributed by atoms with Crippen LogP contribution in [0.1, 0.15) is 24.1 Å². The van der Waals surface area contributed by atoms with Crippen LogP contribution in [0.25, 0.3) is 21.3 Å². The molecule has 0 spiro atoms. The summed E-state index contributed by atoms with van der Waals surface area (Å²) in [6, 6.07) is 17.7. The number of halogens is 1. The summed E-state index contributed by atoms with van der Waals surface area (Å²) in [7, 11) is 0. The maximum Gasteiger partial charge on any atom is 0.260 e. The van der Waals surface area contributed by atoms with Gasteiger partial charge in [-0.3, -0.25) is 4.79 Å². The fourth-order valence-corrected chi connectivity index (χ4v) is 5.81. The first kappa shape index (κ1) is 21.9. The normalized spacial score (nSPS) is 11.3. The van der Waals surface area contributed by atoms with Crippen LogP contribution in [0, 0.1) is 0 Å². The molecule has 33 heavy (non-hydrogen) atoms. The molecule has 5 aromatic rings. The first-order valence-corrected chi connectivity index (χ1v) is 12.7. The summed E-state index contributed by atoms with van der Waals surface area (Å²) >= 11 is 9.32. The van der Waals surface area contributed by atoms with E-state index in [-0.39, 0.29) is 5.56 Å². The molecule has 0 bridgehead atoms. The van der Waals surface area contributed by atoms with Crippen molar-refractivity contribution in [3.05, 3.63) is 92.6 Å². The molecule has 0 aliphatic rings. The van der Waals surface area contributed by atoms with Crippen LogP contribution in [0.5, 0.6) is 0 Å². The van der Waals surface area contributed by atoms with Gasteiger partial charge in [0.05, 0.1) is 11.1 Å². The zero-order chi connectivity index (χ0) is 22.8. The summed E-state index contributed by atoms with van der Waals surface area (Å²) in [6.45, 7) is 2.85. The Hall–Kier alpha value is -2.94. The van der Waals surface area contributed by atoms with Gasteiger partial charge in [0.1, 0.15) is 16.5 Å². The average Bonchev–Trinajstić information content (AvgIpc) is 3.42. The quantitative estimate of drug-likeness (QED) is 0.290. The van der Waals surface area contributed by atoms with Crippen molar-refractivity contribution >= 4 is 44.9 Å². The Morgan fingerprint density at radius 1 is 1.06 bits per heavy atom. The van der Waals surface area contributed by atoms with Gasteiger partial charge in [0.15, 0.2) is 5.16 Å². The van der Waals surface area contributed by atoms with Crippen LogP contribution < -0.4 is 5.56 Å². The molecule has 6 nitrogen and oxygen atoms in total. The smallest absolute Gasteiger partial charge is 0.260 e. The Bertz CT molecular complexity index is 1480. The lowest BCUT2D eigenvalue weighted by atomic mass is 10.1. The largest absolute Gasteiger partial charge is 0.309 e. The van der Waals surface area contributed by atoms with E-state index in [9.17, 15) is 4.79 Å². The summed E-state index contributed by atoms with van der Waals surface area (Å²) in [5, 5.41) is 12.7. The third-order valence-electron chi connectivity index (χ3n) is 5.31. The monoisotopic (exact) mass is 493 g/mol. The highest BCUT2D eigenvalue weighted by atomic mass is 35.5. The van der Waals surface area contributed by atoms with Gasteiger partial charge in [-0.15, -0.1) is 21.5 Å². The molecule has 3 aromatic heterocycles. The number of rotatable bonds is 7. The number of thiophene rings is 1. The van der Waals surface area contributed by atoms with Gasteiger partial charge in [-0.1, -0.05) is 71.9 Å². The van der Waals surface area contributed by atoms with Gasteiger partial charge in [-0.05, 0) is 18.6 Å². The summed E-state index contributed by atoms with van der Waals surface area (Å²) in [4.78, 5) is 21.3. The maximum absolute atomic E-state index is 12.9. The summed E-state index contributed by atoms with van der Waals surface area (Å²) < 4.78 is 2.11. The van der Waals surface area contributed by atoms with E-state index in [2.05, 4.69) is 38.8 Å². The summed E-state index contributed by atoms with van der Waals surface area (Å²) in [5.41, 5.74) is 2.68. The Morgan fingerprint density at radius 2 is 1.85 bits per heavy atom. The average molecular weight is 494 g/mol. The van der Waals surface area contributed by atoms with Crippen molar-refractivity contribution < 1.29 is 0 Å². The molecule has 166 valence electrons. The van der Waals surface area contributed by atoms with Crippen LogP contribution in [0.3, 0.4) is 0 Å². The van der Waals surface area contributed by atoms with E-state index in [4.69, 9.17) is 16.6 Å². The highest BCUT2D eigenvalue weighted by Gasteiger charge is 2.16. The number of thioether (sulfide) groups is 1. The molecule has 9 heteroatoms. The minimum Gasteiger partial charge on any atom is -0.309 e. The molecular formula is C24H20ClN5OS2. The van der Waals surface area contributed by atoms with E-state index >= 15 is 0 Å². The molecule has 0 aliphatic carbocycles. The minimum atomic E-state index is -0.159. The Morgan fingerprint density at radius 3 is 2.64 bits per heavy atom. The van der Waals surface area contributed by atoms with Crippen molar-refractivity contribution in [2.75, 3.05) is 0 Å². The van der Waals surface area contributed by atoms with Gasteiger partial charge in [-0.25, -0.2) is 4.98 Å². The zero-order valence-electron chi connectivity index (χ0n) is 17.8. The zero-order valence-corrected chi connectivity index (χ0v) is 20.2. The van der Waals surface area contributed by atoms with Crippen LogP contribution in [0.4, 0.5) is 0 Å². The van der Waals surface area contributed by atoms with E-state index in [0.29, 0.717) is 26.8 Å². The van der Waals surface area contributed by atoms with E-state index in [0.717, 1.165) is 35.1 Å². The molecule has 1 N–H and O–H groups in total. The Balaban J connectivity index is 1.39. The fraction of sp³-hybridized carbons (Fsp3) is 0.167. The predicted octanol–water partition coefficient (Wildman–Crippen LogP) is 5.80. The van der Waals surface area contributed by atoms with E-state index in [1.54, 1.807) is 0 Å². The van der Waals surface area contributed by atoms with Gasteiger partial charge >= 0.3 is 0 Å². The maximum atomic E-state index is 12.9. The second-order valence-corrected chi connectivity index (χ2v) is 9.62. The van der Waals surface area contributed by atoms with Crippen LogP contribution in [0.2, 0.25) is 5.02 Å². The number of H-pyrrole nitrogens is 1. The fourth-order valence-electron chi connectivity index (χ4n) is 3.73. The van der Waals surface area contributed by atoms with Gasteiger partial charge in [-0.2, -0.15) is 0 Å². The van der Waals surface area contributed by atoms with Crippen LogP contribution in [-0.4, -0.2) is 24.7 Å². The van der Waals surface area contributed by atoms with Crippen LogP contribution in [0.15, 0.2) is 69.9 Å². The van der Waals surface area contributed by atoms with Gasteiger partial charge in [0.25, 0.3) is 5.56 Å². The Labute approximate surface area is 203 Å². The standard InChI is InChI=1S/C24H20ClN5OS2/c1-2-30-20(12-15-8-4-3-5-9-15)28-29-24(30)33-14-19-26-22(31)21-17(13-32-23(21)27-19)16-10-6-7-11-18(16)25/h3-11,13H,2,12,14H2,1H3,(H,26,27,31). The number of benzene rings is 2. The number of aromatic amines is 1. The van der Waals surface area contributed by atoms with Crippen molar-refractivity contribution in [2.24, 2.45) is 0 Å². The molecule has 0 aliphatic heterocycles. The van der Waals surface area contributed by atoms with Crippen molar-refractivity contribution in [1.29, 1.82) is 0 Å². The molecule has 0 fully saturated rings. The number of fused-ring (bicyclic) bond motifs is 1. The van der Waals surface area contributed by atoms with E-state index in [1.807, 2.05) is 47.8 Å². The topological polar surface area (TPSA) is 76.5 Å². The highest BCUT2D eigenvalue weighted by molar-refractivity contribution is 7.98. The summed E-state index contributed by atoms with van der Waals surface area (Å²) in [5.74, 6) is 2.03. The van der Waals surface area contributed by atoms with Gasteiger partial charge in [0.2, 0.25) is 0 Å². The third kappa shape index (κ3) is 4.46. The van der Waals surface area contributed by atoms with Crippen LogP contribution in [-0.2, 0) is 18.7 Å². The first-order chi connectivity index (χ1) is 16.1. The lowest BCUT2D eigenvalue weighted by Crippen LogP contribution is -2.11. The Kier molecular flexibility index (Phi) is 6.30. The van der Waals surface area contributed by atoms with Crippen LogP contribution >= 0.6 is 34.7 Å². The molecule has 0 saturated carbocycles. The number of nitrogens with zero attached hydrogens (tertiary/aromatic N) is 4. The number of aromatic nitrogens is 5. The third-order valence-corrected chi connectivity index (χ3v) is 7.49. The van der Waals surface area contributed by atoms with Crippen molar-refractivity contribution in [2.45, 2.75) is 30.8 Å². The molecule has 0 atom stereocenters. The SMILES string of the molecule is CCn1c(Cc2ccccc2)nnc1SCc1nc2scc(-c3ccccc3Cl)c2c(=O)[nH]1. The predicted molar refractivity (Wildman–Crippen MR) is 135 cm³/mol. The molecule has 0 saturated heterocycles. The number of hydrogen-bond acceptors (Lipinski definition) is 6. The lowest BCUT2D eigenvalue weighted by Gasteiger charge is -2.07. The lowest BCUT2D eigenvalue weighted by molar-refractivity contribution is 0.651. The molecule has 0 unspecified atom stereocenters. The van der Waals surface area contributed by atoms with Crippen molar-refractivity contribution in [3.8, 4) is 11.1 Å². The number of hydrogen-bond donors (Lipinski definition) is 1. The minimum absolute atomic E-state index is 0.159. The number of nitrogens with one attached hydrogen (secondary N) is 1. The second kappa shape index (κ2) is 9.51. The van der Waals surface area contributed by atoms with Crippen molar-refractivity contribution in [3.63, 3.8) is 0 Å².